The van der Waals surface area contributed by atoms with E-state index in [0.29, 0.717) is 22.1 Å². The maximum absolute atomic E-state index is 13.9. The molecule has 0 radical (unpaired) electrons. The van der Waals surface area contributed by atoms with Crippen LogP contribution in [0.3, 0.4) is 0 Å². The number of Topliss-reactive ketones (excluding diaryl/α,β-unsaturated/α-hetero) is 1. The lowest BCUT2D eigenvalue weighted by Crippen LogP contribution is -2.08. The Bertz CT molecular complexity index is 1120. The molecule has 0 spiro atoms. The molecule has 4 nitrogen and oxygen atoms in total. The number of ketones is 1. The van der Waals surface area contributed by atoms with Gasteiger partial charge in [-0.3, -0.25) is 4.79 Å². The first-order valence-corrected chi connectivity index (χ1v) is 9.71. The van der Waals surface area contributed by atoms with E-state index in [2.05, 4.69) is 0 Å². The molecule has 6 heteroatoms. The minimum absolute atomic E-state index is 0.0286. The normalized spacial score (nSPS) is 13.9. The molecule has 0 fully saturated rings. The summed E-state index contributed by atoms with van der Waals surface area (Å²) in [6.45, 7) is -0.0286. The summed E-state index contributed by atoms with van der Waals surface area (Å²) in [6, 6.07) is 17.2. The molecule has 0 aromatic heterocycles. The van der Waals surface area contributed by atoms with Crippen molar-refractivity contribution in [3.05, 3.63) is 94.0 Å². The van der Waals surface area contributed by atoms with Crippen LogP contribution >= 0.6 is 11.6 Å². The molecule has 1 aliphatic heterocycles. The Kier molecular flexibility index (Phi) is 5.46. The lowest BCUT2D eigenvalue weighted by molar-refractivity contribution is 0.101. The summed E-state index contributed by atoms with van der Waals surface area (Å²) < 4.78 is 25.3. The van der Waals surface area contributed by atoms with Gasteiger partial charge in [0.15, 0.2) is 5.76 Å². The first-order chi connectivity index (χ1) is 14.4. The molecule has 0 bridgehead atoms. The van der Waals surface area contributed by atoms with Gasteiger partial charge in [-0.15, -0.1) is 0 Å². The van der Waals surface area contributed by atoms with E-state index in [-0.39, 0.29) is 23.7 Å². The van der Waals surface area contributed by atoms with Crippen LogP contribution in [-0.4, -0.2) is 19.9 Å². The molecule has 0 saturated heterocycles. The van der Waals surface area contributed by atoms with Crippen LogP contribution in [0.2, 0.25) is 5.02 Å². The number of ether oxygens (including phenoxy) is 2. The second kappa shape index (κ2) is 8.20. The number of anilines is 1. The third-order valence-electron chi connectivity index (χ3n) is 4.79. The number of carbonyl (C=O) groups is 1. The number of allylic oxidation sites excluding steroid dienone is 1. The lowest BCUT2D eigenvalue weighted by Gasteiger charge is -2.11. The van der Waals surface area contributed by atoms with Gasteiger partial charge in [-0.1, -0.05) is 29.8 Å². The van der Waals surface area contributed by atoms with E-state index >= 15 is 0 Å². The molecule has 3 aromatic carbocycles. The number of fused-ring (bicyclic) bond motifs is 1. The van der Waals surface area contributed by atoms with Crippen LogP contribution in [0.25, 0.3) is 6.08 Å². The van der Waals surface area contributed by atoms with Crippen molar-refractivity contribution in [2.75, 3.05) is 19.0 Å². The Morgan fingerprint density at radius 3 is 2.57 bits per heavy atom. The van der Waals surface area contributed by atoms with E-state index in [1.807, 2.05) is 43.3 Å². The van der Waals surface area contributed by atoms with Crippen molar-refractivity contribution in [3.8, 4) is 11.5 Å². The fraction of sp³-hybridized carbons (Fsp3) is 0.125. The van der Waals surface area contributed by atoms with Crippen LogP contribution in [0.4, 0.5) is 10.1 Å². The molecule has 0 unspecified atom stereocenters. The van der Waals surface area contributed by atoms with E-state index in [9.17, 15) is 9.18 Å². The molecule has 0 saturated carbocycles. The van der Waals surface area contributed by atoms with Gasteiger partial charge in [-0.2, -0.15) is 0 Å². The SMILES string of the molecule is CN(C)c1ccc(/C=C2\Oc3cc(OCc4c(F)cccc4Cl)ccc3C2=O)cc1. The van der Waals surface area contributed by atoms with Crippen molar-refractivity contribution in [1.82, 2.24) is 0 Å². The molecule has 0 amide bonds. The fourth-order valence-corrected chi connectivity index (χ4v) is 3.32. The number of hydrogen-bond acceptors (Lipinski definition) is 4. The van der Waals surface area contributed by atoms with Gasteiger partial charge >= 0.3 is 0 Å². The van der Waals surface area contributed by atoms with Gasteiger partial charge in [-0.05, 0) is 48.0 Å². The molecule has 0 atom stereocenters. The summed E-state index contributed by atoms with van der Waals surface area (Å²) in [5.41, 5.74) is 2.67. The van der Waals surface area contributed by atoms with Crippen LogP contribution in [0, 0.1) is 5.82 Å². The van der Waals surface area contributed by atoms with Crippen LogP contribution in [-0.2, 0) is 6.61 Å². The average Bonchev–Trinajstić information content (AvgIpc) is 3.03. The predicted molar refractivity (Wildman–Crippen MR) is 116 cm³/mol. The van der Waals surface area contributed by atoms with E-state index in [0.717, 1.165) is 11.3 Å². The highest BCUT2D eigenvalue weighted by Crippen LogP contribution is 2.35. The number of rotatable bonds is 5. The van der Waals surface area contributed by atoms with Gasteiger partial charge in [0.25, 0.3) is 0 Å². The Labute approximate surface area is 179 Å². The molecular formula is C24H19ClFNO3. The second-order valence-electron chi connectivity index (χ2n) is 7.07. The zero-order valence-corrected chi connectivity index (χ0v) is 17.2. The molecule has 4 rings (SSSR count). The summed E-state index contributed by atoms with van der Waals surface area (Å²) in [4.78, 5) is 14.6. The molecule has 3 aromatic rings. The van der Waals surface area contributed by atoms with E-state index in [4.69, 9.17) is 21.1 Å². The number of halogens is 2. The van der Waals surface area contributed by atoms with Gasteiger partial charge < -0.3 is 14.4 Å². The van der Waals surface area contributed by atoms with E-state index < -0.39 is 5.82 Å². The lowest BCUT2D eigenvalue weighted by atomic mass is 10.1. The Morgan fingerprint density at radius 2 is 1.87 bits per heavy atom. The summed E-state index contributed by atoms with van der Waals surface area (Å²) in [5.74, 6) is 0.494. The maximum atomic E-state index is 13.9. The van der Waals surface area contributed by atoms with Crippen molar-refractivity contribution in [2.24, 2.45) is 0 Å². The monoisotopic (exact) mass is 423 g/mol. The van der Waals surface area contributed by atoms with Crippen LogP contribution < -0.4 is 14.4 Å². The van der Waals surface area contributed by atoms with Gasteiger partial charge in [0.05, 0.1) is 10.6 Å². The van der Waals surface area contributed by atoms with Crippen LogP contribution in [0.5, 0.6) is 11.5 Å². The first kappa shape index (κ1) is 20.0. The number of nitrogens with zero attached hydrogens (tertiary/aromatic N) is 1. The van der Waals surface area contributed by atoms with E-state index in [1.54, 1.807) is 30.3 Å². The van der Waals surface area contributed by atoms with Crippen LogP contribution in [0.15, 0.2) is 66.4 Å². The summed E-state index contributed by atoms with van der Waals surface area (Å²) in [5, 5.41) is 0.299. The molecule has 1 heterocycles. The van der Waals surface area contributed by atoms with Crippen molar-refractivity contribution in [2.45, 2.75) is 6.61 Å². The summed E-state index contributed by atoms with van der Waals surface area (Å²) >= 11 is 6.03. The van der Waals surface area contributed by atoms with Gasteiger partial charge in [-0.25, -0.2) is 4.39 Å². The second-order valence-corrected chi connectivity index (χ2v) is 7.48. The van der Waals surface area contributed by atoms with Crippen LogP contribution in [0.1, 0.15) is 21.5 Å². The van der Waals surface area contributed by atoms with Crippen molar-refractivity contribution in [3.63, 3.8) is 0 Å². The molecule has 0 aliphatic carbocycles. The molecule has 30 heavy (non-hydrogen) atoms. The standard InChI is InChI=1S/C24H19ClFNO3/c1-27(2)16-8-6-15(7-9-16)12-23-24(28)18-11-10-17(13-22(18)30-23)29-14-19-20(25)4-3-5-21(19)26/h3-13H,14H2,1-2H3/b23-12-. The number of benzene rings is 3. The maximum Gasteiger partial charge on any atom is 0.231 e. The smallest absolute Gasteiger partial charge is 0.231 e. The van der Waals surface area contributed by atoms with Gasteiger partial charge in [0.1, 0.15) is 23.9 Å². The highest BCUT2D eigenvalue weighted by atomic mass is 35.5. The quantitative estimate of drug-likeness (QED) is 0.490. The number of carbonyl (C=O) groups excluding carboxylic acids is 1. The van der Waals surface area contributed by atoms with Crippen molar-refractivity contribution >= 4 is 29.1 Å². The molecule has 0 N–H and O–H groups in total. The van der Waals surface area contributed by atoms with Crippen molar-refractivity contribution in [1.29, 1.82) is 0 Å². The summed E-state index contributed by atoms with van der Waals surface area (Å²) in [7, 11) is 3.93. The summed E-state index contributed by atoms with van der Waals surface area (Å²) in [6.07, 6.45) is 1.71. The Balaban J connectivity index is 1.51. The zero-order valence-electron chi connectivity index (χ0n) is 16.5. The minimum atomic E-state index is -0.430. The minimum Gasteiger partial charge on any atom is -0.489 e. The topological polar surface area (TPSA) is 38.8 Å². The highest BCUT2D eigenvalue weighted by Gasteiger charge is 2.27. The van der Waals surface area contributed by atoms with Gasteiger partial charge in [0.2, 0.25) is 5.78 Å². The fourth-order valence-electron chi connectivity index (χ4n) is 3.10. The third-order valence-corrected chi connectivity index (χ3v) is 5.15. The predicted octanol–water partition coefficient (Wildman–Crippen LogP) is 5.74. The Morgan fingerprint density at radius 1 is 1.10 bits per heavy atom. The third kappa shape index (κ3) is 4.02. The first-order valence-electron chi connectivity index (χ1n) is 9.34. The zero-order chi connectivity index (χ0) is 21.3. The van der Waals surface area contributed by atoms with Crippen molar-refractivity contribution < 1.29 is 18.7 Å². The molecule has 1 aliphatic rings. The molecule has 152 valence electrons. The average molecular weight is 424 g/mol. The van der Waals surface area contributed by atoms with Gasteiger partial charge in [0, 0.05) is 31.4 Å². The van der Waals surface area contributed by atoms with E-state index in [1.165, 1.54) is 12.1 Å². The number of hydrogen-bond donors (Lipinski definition) is 0. The highest BCUT2D eigenvalue weighted by molar-refractivity contribution is 6.31. The Hall–Kier alpha value is -3.31. The largest absolute Gasteiger partial charge is 0.489 e. The molecular weight excluding hydrogens is 405 g/mol.